The number of nitrogens with zero attached hydrogens (tertiary/aromatic N) is 3. The van der Waals surface area contributed by atoms with Gasteiger partial charge in [0.25, 0.3) is 15.9 Å². The largest absolute Gasteiger partial charge is 0.269 e. The molecule has 3 aliphatic rings. The Labute approximate surface area is 228 Å². The highest BCUT2D eigenvalue weighted by Crippen LogP contribution is 2.70. The van der Waals surface area contributed by atoms with Gasteiger partial charge in [0, 0.05) is 28.6 Å². The highest BCUT2D eigenvalue weighted by molar-refractivity contribution is 7.90. The van der Waals surface area contributed by atoms with Gasteiger partial charge in [-0.25, -0.2) is 25.1 Å². The first-order valence-corrected chi connectivity index (χ1v) is 16.0. The molecule has 1 saturated heterocycles. The maximum absolute atomic E-state index is 13.5. The lowest BCUT2D eigenvalue weighted by Gasteiger charge is -2.36. The molecule has 3 aromatic rings. The molecule has 0 radical (unpaired) electrons. The third kappa shape index (κ3) is 3.56. The Morgan fingerprint density at radius 3 is 2.54 bits per heavy atom. The molecule has 2 bridgehead atoms. The van der Waals surface area contributed by atoms with E-state index in [1.807, 2.05) is 6.92 Å². The van der Waals surface area contributed by atoms with E-state index in [1.165, 1.54) is 36.5 Å². The predicted molar refractivity (Wildman–Crippen MR) is 147 cm³/mol. The van der Waals surface area contributed by atoms with E-state index in [-0.39, 0.29) is 22.1 Å². The Morgan fingerprint density at radius 2 is 1.87 bits per heavy atom. The van der Waals surface area contributed by atoms with E-state index in [1.54, 1.807) is 24.3 Å². The number of benzene rings is 2. The lowest BCUT2D eigenvalue weighted by Crippen LogP contribution is -2.43. The number of carbonyl (C=O) groups excluding carboxylic acids is 1. The van der Waals surface area contributed by atoms with Crippen LogP contribution in [0.1, 0.15) is 49.8 Å². The zero-order chi connectivity index (χ0) is 28.0. The van der Waals surface area contributed by atoms with E-state index in [4.69, 9.17) is 0 Å². The number of rotatable bonds is 4. The van der Waals surface area contributed by atoms with Crippen LogP contribution in [-0.4, -0.2) is 42.8 Å². The first kappa shape index (κ1) is 25.8. The second-order valence-electron chi connectivity index (χ2n) is 11.6. The zero-order valence-corrected chi connectivity index (χ0v) is 23.6. The minimum absolute atomic E-state index is 0.0205. The third-order valence-electron chi connectivity index (χ3n) is 9.54. The predicted octanol–water partition coefficient (Wildman–Crippen LogP) is 4.44. The topological polar surface area (TPSA) is 117 Å². The Hall–Kier alpha value is -3.42. The number of hydrogen-bond acceptors (Lipinski definition) is 6. The van der Waals surface area contributed by atoms with Gasteiger partial charge in [-0.1, -0.05) is 31.5 Å². The number of aryl methyl sites for hydroxylation is 1. The second kappa shape index (κ2) is 8.29. The smallest absolute Gasteiger partial charge is 0.268 e. The number of sulfonamides is 1. The average Bonchev–Trinajstić information content (AvgIpc) is 3.52. The third-order valence-corrected chi connectivity index (χ3v) is 13.1. The number of fused-ring (bicyclic) bond motifs is 2. The van der Waals surface area contributed by atoms with Gasteiger partial charge < -0.3 is 0 Å². The molecule has 6 rings (SSSR count). The van der Waals surface area contributed by atoms with Gasteiger partial charge in [-0.05, 0) is 73.9 Å². The van der Waals surface area contributed by atoms with Crippen molar-refractivity contribution in [2.75, 3.05) is 5.75 Å². The molecular weight excluding hydrogens is 534 g/mol. The van der Waals surface area contributed by atoms with Gasteiger partial charge >= 0.3 is 0 Å². The first-order chi connectivity index (χ1) is 18.3. The minimum atomic E-state index is -3.98. The second-order valence-corrected chi connectivity index (χ2v) is 15.3. The maximum Gasteiger partial charge on any atom is 0.268 e. The lowest BCUT2D eigenvalue weighted by molar-refractivity contribution is -0.123. The van der Waals surface area contributed by atoms with Gasteiger partial charge in [0.05, 0.1) is 33.8 Å². The van der Waals surface area contributed by atoms with Crippen molar-refractivity contribution in [1.29, 1.82) is 5.26 Å². The van der Waals surface area contributed by atoms with Crippen LogP contribution in [0.3, 0.4) is 0 Å². The number of nitriles is 1. The van der Waals surface area contributed by atoms with Crippen molar-refractivity contribution in [3.63, 3.8) is 0 Å². The molecule has 202 valence electrons. The van der Waals surface area contributed by atoms with Crippen LogP contribution < -0.4 is 0 Å². The summed E-state index contributed by atoms with van der Waals surface area (Å²) in [6, 6.07) is 12.9. The van der Waals surface area contributed by atoms with Crippen molar-refractivity contribution in [3.05, 3.63) is 71.4 Å². The van der Waals surface area contributed by atoms with Crippen LogP contribution in [-0.2, 0) is 24.8 Å². The van der Waals surface area contributed by atoms with Crippen molar-refractivity contribution < 1.29 is 21.6 Å². The number of carbonyl (C=O) groups is 1. The Kier molecular flexibility index (Phi) is 5.49. The molecule has 3 unspecified atom stereocenters. The molecule has 0 N–H and O–H groups in total. The number of aromatic nitrogens is 1. The van der Waals surface area contributed by atoms with Crippen LogP contribution in [0.4, 0.5) is 0 Å². The van der Waals surface area contributed by atoms with Gasteiger partial charge in [-0.2, -0.15) is 5.26 Å². The Bertz CT molecular complexity index is 1830. The van der Waals surface area contributed by atoms with Gasteiger partial charge in [0.15, 0.2) is 0 Å². The summed E-state index contributed by atoms with van der Waals surface area (Å²) in [5.41, 5.74) is 1.41. The maximum atomic E-state index is 13.5. The molecule has 8 nitrogen and oxygen atoms in total. The molecule has 2 aromatic carbocycles. The SMILES string of the molecule is Cc1ccc(S(=O)(=O)n2cc(/C=C/C(=O)N3C4CC5CCC4(CS3(=O)=O)C5(C)C)c3cc(C#N)ccc32)cc1. The van der Waals surface area contributed by atoms with E-state index >= 15 is 0 Å². The zero-order valence-electron chi connectivity index (χ0n) is 22.0. The van der Waals surface area contributed by atoms with Crippen molar-refractivity contribution >= 4 is 42.9 Å². The first-order valence-electron chi connectivity index (χ1n) is 12.9. The van der Waals surface area contributed by atoms with Crippen molar-refractivity contribution in [2.24, 2.45) is 16.7 Å². The van der Waals surface area contributed by atoms with Crippen molar-refractivity contribution in [3.8, 4) is 6.07 Å². The molecule has 39 heavy (non-hydrogen) atoms. The summed E-state index contributed by atoms with van der Waals surface area (Å²) in [5, 5.41) is 9.91. The van der Waals surface area contributed by atoms with Crippen LogP contribution >= 0.6 is 0 Å². The van der Waals surface area contributed by atoms with E-state index in [0.29, 0.717) is 34.4 Å². The lowest BCUT2D eigenvalue weighted by atomic mass is 9.69. The van der Waals surface area contributed by atoms with E-state index in [2.05, 4.69) is 19.9 Å². The molecule has 1 aromatic heterocycles. The Balaban J connectivity index is 1.41. The average molecular weight is 564 g/mol. The molecular formula is C29H29N3O5S2. The van der Waals surface area contributed by atoms with Crippen LogP contribution in [0.25, 0.3) is 17.0 Å². The minimum Gasteiger partial charge on any atom is -0.269 e. The molecule has 2 saturated carbocycles. The summed E-state index contributed by atoms with van der Waals surface area (Å²) >= 11 is 0. The number of hydrogen-bond donors (Lipinski definition) is 0. The van der Waals surface area contributed by atoms with Gasteiger partial charge in [0.1, 0.15) is 0 Å². The van der Waals surface area contributed by atoms with Crippen molar-refractivity contribution in [2.45, 2.75) is 51.0 Å². The van der Waals surface area contributed by atoms with Crippen LogP contribution in [0.2, 0.25) is 0 Å². The quantitative estimate of drug-likeness (QED) is 0.433. The highest BCUT2D eigenvalue weighted by atomic mass is 32.2. The van der Waals surface area contributed by atoms with Crippen LogP contribution in [0.5, 0.6) is 0 Å². The van der Waals surface area contributed by atoms with Crippen LogP contribution in [0.15, 0.2) is 59.6 Å². The summed E-state index contributed by atoms with van der Waals surface area (Å²) < 4.78 is 55.8. The van der Waals surface area contributed by atoms with Gasteiger partial charge in [-0.15, -0.1) is 0 Å². The van der Waals surface area contributed by atoms with E-state index < -0.39 is 31.4 Å². The van der Waals surface area contributed by atoms with E-state index in [0.717, 1.165) is 26.7 Å². The summed E-state index contributed by atoms with van der Waals surface area (Å²) in [4.78, 5) is 13.6. The standard InChI is InChI=1S/C29H29N3O5S2/c1-19-4-8-23(9-5-19)39(36,37)31-17-21(24-14-20(16-30)6-10-25(24)31)7-11-27(33)32-26-15-22-12-13-29(26,28(22,2)3)18-38(32,34)35/h4-11,14,17,22,26H,12-13,15,18H2,1-3H3/b11-7+. The monoisotopic (exact) mass is 563 g/mol. The summed E-state index contributed by atoms with van der Waals surface area (Å²) in [7, 11) is -7.76. The molecule has 1 aliphatic heterocycles. The highest BCUT2D eigenvalue weighted by Gasteiger charge is 2.72. The summed E-state index contributed by atoms with van der Waals surface area (Å²) in [6.07, 6.45) is 6.52. The van der Waals surface area contributed by atoms with E-state index in [9.17, 15) is 26.9 Å². The Morgan fingerprint density at radius 1 is 1.15 bits per heavy atom. The molecule has 1 amide bonds. The van der Waals surface area contributed by atoms with Gasteiger partial charge in [-0.3, -0.25) is 4.79 Å². The molecule has 3 fully saturated rings. The molecule has 2 aliphatic carbocycles. The fourth-order valence-electron chi connectivity index (χ4n) is 7.26. The van der Waals surface area contributed by atoms with Crippen LogP contribution in [0, 0.1) is 35.0 Å². The van der Waals surface area contributed by atoms with Gasteiger partial charge in [0.2, 0.25) is 10.0 Å². The summed E-state index contributed by atoms with van der Waals surface area (Å²) in [6.45, 7) is 6.12. The summed E-state index contributed by atoms with van der Waals surface area (Å²) in [5.74, 6) is -0.265. The fraction of sp³-hybridized carbons (Fsp3) is 0.379. The van der Waals surface area contributed by atoms with Crippen molar-refractivity contribution in [1.82, 2.24) is 8.28 Å². The fourth-order valence-corrected chi connectivity index (χ4v) is 11.2. The number of amides is 1. The molecule has 1 spiro atoms. The molecule has 2 heterocycles. The normalized spacial score (nSPS) is 26.8. The molecule has 10 heteroatoms. The molecule has 3 atom stereocenters.